The zero-order valence-corrected chi connectivity index (χ0v) is 16.3. The van der Waals surface area contributed by atoms with Crippen LogP contribution in [0.4, 0.5) is 19.0 Å². The third kappa shape index (κ3) is 3.86. The van der Waals surface area contributed by atoms with Gasteiger partial charge >= 0.3 is 6.18 Å². The molecule has 0 radical (unpaired) electrons. The van der Waals surface area contributed by atoms with E-state index >= 15 is 0 Å². The summed E-state index contributed by atoms with van der Waals surface area (Å²) in [7, 11) is 0. The van der Waals surface area contributed by atoms with Gasteiger partial charge in [-0.05, 0) is 23.8 Å². The van der Waals surface area contributed by atoms with E-state index in [1.54, 1.807) is 24.3 Å². The number of nitrogens with one attached hydrogen (secondary N) is 2. The van der Waals surface area contributed by atoms with E-state index in [4.69, 9.17) is 0 Å². The minimum absolute atomic E-state index is 0. The van der Waals surface area contributed by atoms with E-state index in [1.165, 1.54) is 25.4 Å². The molecule has 7 nitrogen and oxygen atoms in total. The number of benzene rings is 1. The van der Waals surface area contributed by atoms with Gasteiger partial charge in [0.05, 0.1) is 22.6 Å². The Hall–Kier alpha value is -3.40. The Morgan fingerprint density at radius 1 is 1.23 bits per heavy atom. The number of halogens is 4. The van der Waals surface area contributed by atoms with E-state index in [0.29, 0.717) is 26.6 Å². The Morgan fingerprint density at radius 2 is 2.00 bits per heavy atom. The molecular weight excluding hydrogens is 423 g/mol. The molecule has 0 saturated heterocycles. The monoisotopic (exact) mass is 437 g/mol. The van der Waals surface area contributed by atoms with E-state index in [1.807, 2.05) is 0 Å². The third-order valence-corrected chi connectivity index (χ3v) is 4.42. The number of nitrogens with zero attached hydrogens (tertiary/aromatic N) is 3. The van der Waals surface area contributed by atoms with Crippen molar-refractivity contribution in [3.8, 4) is 11.1 Å². The first-order chi connectivity index (χ1) is 13.7. The van der Waals surface area contributed by atoms with Crippen molar-refractivity contribution in [1.82, 2.24) is 19.7 Å². The molecule has 30 heavy (non-hydrogen) atoms. The van der Waals surface area contributed by atoms with E-state index in [2.05, 4.69) is 20.5 Å². The van der Waals surface area contributed by atoms with Crippen LogP contribution in [-0.2, 0) is 11.3 Å². The molecule has 3 aromatic heterocycles. The number of hydrogen-bond acceptors (Lipinski definition) is 4. The van der Waals surface area contributed by atoms with Crippen LogP contribution in [0.3, 0.4) is 0 Å². The summed E-state index contributed by atoms with van der Waals surface area (Å²) in [6, 6.07) is 8.10. The number of amides is 1. The summed E-state index contributed by atoms with van der Waals surface area (Å²) in [6.45, 7) is -0.104. The molecule has 0 aliphatic carbocycles. The molecule has 0 spiro atoms. The Balaban J connectivity index is 0.00000256. The molecule has 11 heteroatoms. The number of aromatic nitrogens is 4. The molecule has 0 unspecified atom stereocenters. The molecule has 2 N–H and O–H groups in total. The number of carbonyl (C=O) groups excluding carboxylic acids is 1. The van der Waals surface area contributed by atoms with Crippen LogP contribution in [-0.4, -0.2) is 31.8 Å². The molecule has 3 heterocycles. The standard InChI is InChI=1S/C19H14F3N5O2.ClH/c1-10(28)25-17-12(3-2-6-23-17)11-4-5-13-15(7-11)27(9-19(20,21)22)18(29)14-8-24-26-16(13)14;/h2-8H,9H2,1H3,(H,24,26)(H,23,25,28);1H. The van der Waals surface area contributed by atoms with Crippen LogP contribution < -0.4 is 10.9 Å². The largest absolute Gasteiger partial charge is 0.406 e. The predicted molar refractivity (Wildman–Crippen MR) is 109 cm³/mol. The lowest BCUT2D eigenvalue weighted by Gasteiger charge is -2.15. The molecule has 0 fully saturated rings. The maximum atomic E-state index is 13.2. The summed E-state index contributed by atoms with van der Waals surface area (Å²) in [4.78, 5) is 28.2. The number of pyridine rings is 2. The lowest BCUT2D eigenvalue weighted by atomic mass is 10.0. The van der Waals surface area contributed by atoms with Gasteiger partial charge in [-0.3, -0.25) is 19.3 Å². The highest BCUT2D eigenvalue weighted by atomic mass is 35.5. The number of fused-ring (bicyclic) bond motifs is 3. The second-order valence-corrected chi connectivity index (χ2v) is 6.48. The first kappa shape index (κ1) is 21.3. The number of H-pyrrole nitrogens is 1. The lowest BCUT2D eigenvalue weighted by Crippen LogP contribution is -2.28. The quantitative estimate of drug-likeness (QED) is 0.508. The van der Waals surface area contributed by atoms with Crippen molar-refractivity contribution < 1.29 is 18.0 Å². The number of anilines is 1. The summed E-state index contributed by atoms with van der Waals surface area (Å²) in [5.74, 6) is -0.0643. The highest BCUT2D eigenvalue weighted by Gasteiger charge is 2.30. The molecular formula is C19H15ClF3N5O2. The topological polar surface area (TPSA) is 92.7 Å². The van der Waals surface area contributed by atoms with Gasteiger partial charge in [0.15, 0.2) is 0 Å². The fraction of sp³-hybridized carbons (Fsp3) is 0.158. The van der Waals surface area contributed by atoms with E-state index in [9.17, 15) is 22.8 Å². The normalized spacial score (nSPS) is 11.5. The summed E-state index contributed by atoms with van der Waals surface area (Å²) in [5.41, 5.74) is 0.690. The van der Waals surface area contributed by atoms with Gasteiger partial charge in [0.25, 0.3) is 5.56 Å². The summed E-state index contributed by atoms with van der Waals surface area (Å²) >= 11 is 0. The van der Waals surface area contributed by atoms with Gasteiger partial charge in [-0.1, -0.05) is 12.1 Å². The SMILES string of the molecule is CC(=O)Nc1ncccc1-c1ccc2c3[nH]ncc3c(=O)n(CC(F)(F)F)c2c1.Cl. The van der Waals surface area contributed by atoms with E-state index < -0.39 is 18.3 Å². The Labute approximate surface area is 173 Å². The minimum atomic E-state index is -4.58. The first-order valence-electron chi connectivity index (χ1n) is 8.54. The van der Waals surface area contributed by atoms with Crippen molar-refractivity contribution in [3.05, 3.63) is 53.1 Å². The molecule has 0 aliphatic heterocycles. The van der Waals surface area contributed by atoms with E-state index in [0.717, 1.165) is 0 Å². The van der Waals surface area contributed by atoms with Crippen molar-refractivity contribution in [2.24, 2.45) is 0 Å². The fourth-order valence-electron chi connectivity index (χ4n) is 3.28. The Kier molecular flexibility index (Phi) is 5.53. The van der Waals surface area contributed by atoms with Gasteiger partial charge in [-0.2, -0.15) is 18.3 Å². The number of aromatic amines is 1. The van der Waals surface area contributed by atoms with Crippen LogP contribution >= 0.6 is 12.4 Å². The van der Waals surface area contributed by atoms with Crippen LogP contribution in [0, 0.1) is 0 Å². The van der Waals surface area contributed by atoms with Gasteiger partial charge < -0.3 is 5.32 Å². The summed E-state index contributed by atoms with van der Waals surface area (Å²) in [6.07, 6.45) is -1.88. The van der Waals surface area contributed by atoms with Crippen molar-refractivity contribution in [1.29, 1.82) is 0 Å². The van der Waals surface area contributed by atoms with Crippen molar-refractivity contribution in [2.75, 3.05) is 5.32 Å². The summed E-state index contributed by atoms with van der Waals surface area (Å²) < 4.78 is 40.2. The molecule has 0 saturated carbocycles. The van der Waals surface area contributed by atoms with Gasteiger partial charge in [0.1, 0.15) is 12.4 Å². The van der Waals surface area contributed by atoms with Crippen molar-refractivity contribution in [3.63, 3.8) is 0 Å². The zero-order valence-electron chi connectivity index (χ0n) is 15.4. The summed E-state index contributed by atoms with van der Waals surface area (Å²) in [5, 5.41) is 9.58. The second-order valence-electron chi connectivity index (χ2n) is 6.48. The van der Waals surface area contributed by atoms with Gasteiger partial charge in [-0.25, -0.2) is 4.98 Å². The number of rotatable bonds is 3. The molecule has 4 rings (SSSR count). The van der Waals surface area contributed by atoms with Crippen LogP contribution in [0.2, 0.25) is 0 Å². The molecule has 156 valence electrons. The highest BCUT2D eigenvalue weighted by Crippen LogP contribution is 2.31. The molecule has 4 aromatic rings. The molecule has 0 atom stereocenters. The average molecular weight is 438 g/mol. The molecule has 1 amide bonds. The first-order valence-corrected chi connectivity index (χ1v) is 8.54. The Bertz CT molecular complexity index is 1310. The lowest BCUT2D eigenvalue weighted by molar-refractivity contribution is -0.140. The third-order valence-electron chi connectivity index (χ3n) is 4.42. The number of hydrogen-bond donors (Lipinski definition) is 2. The van der Waals surface area contributed by atoms with Crippen LogP contribution in [0.15, 0.2) is 47.5 Å². The minimum Gasteiger partial charge on any atom is -0.310 e. The molecule has 0 aliphatic rings. The second kappa shape index (κ2) is 7.79. The maximum Gasteiger partial charge on any atom is 0.406 e. The highest BCUT2D eigenvalue weighted by molar-refractivity contribution is 6.04. The van der Waals surface area contributed by atoms with Crippen molar-refractivity contribution >= 4 is 45.9 Å². The van der Waals surface area contributed by atoms with Gasteiger partial charge in [-0.15, -0.1) is 12.4 Å². The molecule has 0 bridgehead atoms. The van der Waals surface area contributed by atoms with Crippen LogP contribution in [0.5, 0.6) is 0 Å². The maximum absolute atomic E-state index is 13.2. The predicted octanol–water partition coefficient (Wildman–Crippen LogP) is 3.88. The smallest absolute Gasteiger partial charge is 0.310 e. The fourth-order valence-corrected chi connectivity index (χ4v) is 3.28. The van der Waals surface area contributed by atoms with Gasteiger partial charge in [0, 0.05) is 24.1 Å². The van der Waals surface area contributed by atoms with E-state index in [-0.39, 0.29) is 35.0 Å². The number of alkyl halides is 3. The average Bonchev–Trinajstić information content (AvgIpc) is 3.14. The van der Waals surface area contributed by atoms with Crippen LogP contribution in [0.1, 0.15) is 6.92 Å². The van der Waals surface area contributed by atoms with Crippen LogP contribution in [0.25, 0.3) is 32.9 Å². The van der Waals surface area contributed by atoms with Gasteiger partial charge in [0.2, 0.25) is 5.91 Å². The number of carbonyl (C=O) groups is 1. The zero-order chi connectivity index (χ0) is 20.8. The molecule has 1 aromatic carbocycles. The Morgan fingerprint density at radius 3 is 2.70 bits per heavy atom. The van der Waals surface area contributed by atoms with Crippen molar-refractivity contribution in [2.45, 2.75) is 19.6 Å².